The molecule has 0 radical (unpaired) electrons. The van der Waals surface area contributed by atoms with Gasteiger partial charge in [-0.25, -0.2) is 18.9 Å². The molecule has 12 heteroatoms. The van der Waals surface area contributed by atoms with Crippen molar-refractivity contribution in [1.82, 2.24) is 9.80 Å². The van der Waals surface area contributed by atoms with Crippen LogP contribution in [0.4, 0.5) is 31.0 Å². The molecule has 0 bridgehead atoms. The second-order valence-electron chi connectivity index (χ2n) is 8.22. The zero-order valence-electron chi connectivity index (χ0n) is 19.0. The van der Waals surface area contributed by atoms with E-state index in [9.17, 15) is 23.6 Å². The number of nitrogens with one attached hydrogen (secondary N) is 2. The van der Waals surface area contributed by atoms with Crippen LogP contribution in [0.2, 0.25) is 5.02 Å². The summed E-state index contributed by atoms with van der Waals surface area (Å²) in [4.78, 5) is 53.5. The third-order valence-electron chi connectivity index (χ3n) is 5.86. The van der Waals surface area contributed by atoms with Gasteiger partial charge in [-0.2, -0.15) is 0 Å². The zero-order valence-corrected chi connectivity index (χ0v) is 19.7. The van der Waals surface area contributed by atoms with E-state index in [4.69, 9.17) is 16.3 Å². The minimum atomic E-state index is -0.915. The Bertz CT molecular complexity index is 1180. The third-order valence-corrected chi connectivity index (χ3v) is 6.12. The van der Waals surface area contributed by atoms with Gasteiger partial charge in [0, 0.05) is 43.9 Å². The Balaban J connectivity index is 1.48. The predicted molar refractivity (Wildman–Crippen MR) is 127 cm³/mol. The maximum Gasteiger partial charge on any atom is 0.331 e. The molecule has 2 heterocycles. The van der Waals surface area contributed by atoms with Gasteiger partial charge in [0.15, 0.2) is 0 Å². The monoisotopic (exact) mass is 503 g/mol. The number of halogens is 2. The van der Waals surface area contributed by atoms with Crippen LogP contribution in [0.3, 0.4) is 0 Å². The summed E-state index contributed by atoms with van der Waals surface area (Å²) in [6.07, 6.45) is -0.155. The molecule has 35 heavy (non-hydrogen) atoms. The van der Waals surface area contributed by atoms with Crippen molar-refractivity contribution in [3.63, 3.8) is 0 Å². The summed E-state index contributed by atoms with van der Waals surface area (Å²) in [7, 11) is 2.95. The van der Waals surface area contributed by atoms with Crippen molar-refractivity contribution in [3.05, 3.63) is 53.3 Å². The molecule has 2 aromatic rings. The summed E-state index contributed by atoms with van der Waals surface area (Å²) in [6, 6.07) is 8.14. The summed E-state index contributed by atoms with van der Waals surface area (Å²) < 4.78 is 20.2. The van der Waals surface area contributed by atoms with Crippen molar-refractivity contribution in [1.29, 1.82) is 0 Å². The van der Waals surface area contributed by atoms with Crippen molar-refractivity contribution >= 4 is 52.5 Å². The first-order valence-corrected chi connectivity index (χ1v) is 11.1. The smallest absolute Gasteiger partial charge is 0.331 e. The average molecular weight is 504 g/mol. The quantitative estimate of drug-likeness (QED) is 0.609. The van der Waals surface area contributed by atoms with Gasteiger partial charge in [0.2, 0.25) is 5.91 Å². The number of hydrogen-bond donors (Lipinski definition) is 2. The molecule has 6 amide bonds. The van der Waals surface area contributed by atoms with Gasteiger partial charge in [-0.15, -0.1) is 0 Å². The van der Waals surface area contributed by atoms with E-state index in [0.717, 1.165) is 11.0 Å². The summed E-state index contributed by atoms with van der Waals surface area (Å²) >= 11 is 5.87. The van der Waals surface area contributed by atoms with E-state index in [1.54, 1.807) is 24.3 Å². The Morgan fingerprint density at radius 1 is 1.11 bits per heavy atom. The number of carbonyl (C=O) groups excluding carboxylic acids is 4. The molecule has 0 saturated carbocycles. The van der Waals surface area contributed by atoms with E-state index >= 15 is 0 Å². The van der Waals surface area contributed by atoms with Gasteiger partial charge >= 0.3 is 12.1 Å². The van der Waals surface area contributed by atoms with Crippen LogP contribution < -0.4 is 15.5 Å². The lowest BCUT2D eigenvalue weighted by Crippen LogP contribution is -2.45. The largest absolute Gasteiger partial charge is 0.380 e. The Labute approximate surface area is 205 Å². The Morgan fingerprint density at radius 2 is 1.83 bits per heavy atom. The van der Waals surface area contributed by atoms with Gasteiger partial charge in [0.25, 0.3) is 5.91 Å². The second-order valence-corrected chi connectivity index (χ2v) is 8.66. The van der Waals surface area contributed by atoms with E-state index in [2.05, 4.69) is 10.6 Å². The minimum absolute atomic E-state index is 0.0594. The molecule has 0 spiro atoms. The highest BCUT2D eigenvalue weighted by molar-refractivity contribution is 6.30. The van der Waals surface area contributed by atoms with E-state index in [0.29, 0.717) is 10.7 Å². The van der Waals surface area contributed by atoms with Gasteiger partial charge in [-0.1, -0.05) is 11.6 Å². The number of likely N-dealkylation sites (tertiary alicyclic amines) is 1. The highest BCUT2D eigenvalue weighted by Crippen LogP contribution is 2.27. The normalized spacial score (nSPS) is 19.9. The van der Waals surface area contributed by atoms with Crippen LogP contribution >= 0.6 is 11.6 Å². The van der Waals surface area contributed by atoms with Crippen molar-refractivity contribution in [2.75, 3.05) is 42.8 Å². The molecule has 184 valence electrons. The molecule has 2 unspecified atom stereocenters. The summed E-state index contributed by atoms with van der Waals surface area (Å²) in [5.41, 5.74) is 0.409. The summed E-state index contributed by atoms with van der Waals surface area (Å²) in [5.74, 6) is -1.91. The highest BCUT2D eigenvalue weighted by Gasteiger charge is 2.40. The Hall–Kier alpha value is -3.70. The summed E-state index contributed by atoms with van der Waals surface area (Å²) in [6.45, 7) is 0.0668. The molecule has 2 saturated heterocycles. The first-order valence-electron chi connectivity index (χ1n) is 10.7. The SMILES string of the molecule is COC1CC(C(=O)Nc2ccc(N3C(=O)CN(C)C3=O)cc2F)N(C(=O)Nc2ccc(Cl)cc2)C1. The number of nitrogens with zero attached hydrogens (tertiary/aromatic N) is 3. The van der Waals surface area contributed by atoms with E-state index < -0.39 is 35.7 Å². The standard InChI is InChI=1S/C23H23ClFN5O5/c1-28-12-20(31)30(23(28)34)15-7-8-18(17(25)9-15)27-21(32)19-10-16(35-2)11-29(19)22(33)26-14-5-3-13(24)4-6-14/h3-9,16,19H,10-12H2,1-2H3,(H,26,33)(H,27,32). The molecule has 2 fully saturated rings. The van der Waals surface area contributed by atoms with Crippen molar-refractivity contribution < 1.29 is 28.3 Å². The number of methoxy groups -OCH3 is 1. The maximum atomic E-state index is 14.8. The molecule has 0 aromatic heterocycles. The Kier molecular flexibility index (Phi) is 6.90. The number of ether oxygens (including phenoxy) is 1. The fraction of sp³-hybridized carbons (Fsp3) is 0.304. The van der Waals surface area contributed by atoms with Crippen LogP contribution in [-0.4, -0.2) is 73.1 Å². The highest BCUT2D eigenvalue weighted by atomic mass is 35.5. The number of rotatable bonds is 5. The number of anilines is 3. The molecule has 10 nitrogen and oxygen atoms in total. The van der Waals surface area contributed by atoms with E-state index in [1.165, 1.54) is 36.1 Å². The molecular weight excluding hydrogens is 481 g/mol. The van der Waals surface area contributed by atoms with Gasteiger partial charge < -0.3 is 25.2 Å². The minimum Gasteiger partial charge on any atom is -0.380 e. The molecule has 0 aliphatic carbocycles. The van der Waals surface area contributed by atoms with E-state index in [1.807, 2.05) is 0 Å². The van der Waals surface area contributed by atoms with E-state index in [-0.39, 0.29) is 37.0 Å². The van der Waals surface area contributed by atoms with Crippen LogP contribution in [0, 0.1) is 5.82 Å². The number of benzene rings is 2. The van der Waals surface area contributed by atoms with Crippen molar-refractivity contribution in [2.24, 2.45) is 0 Å². The molecule has 4 rings (SSSR count). The molecule has 2 aromatic carbocycles. The van der Waals surface area contributed by atoms with Crippen molar-refractivity contribution in [3.8, 4) is 0 Å². The Morgan fingerprint density at radius 3 is 2.43 bits per heavy atom. The fourth-order valence-corrected chi connectivity index (χ4v) is 4.13. The van der Waals surface area contributed by atoms with Crippen LogP contribution in [0.5, 0.6) is 0 Å². The molecule has 2 N–H and O–H groups in total. The molecule has 2 aliphatic heterocycles. The van der Waals surface area contributed by atoms with Gasteiger partial charge in [0.1, 0.15) is 18.4 Å². The van der Waals surface area contributed by atoms with Crippen LogP contribution in [0.15, 0.2) is 42.5 Å². The third kappa shape index (κ3) is 5.05. The first kappa shape index (κ1) is 24.4. The maximum absolute atomic E-state index is 14.8. The van der Waals surface area contributed by atoms with Crippen LogP contribution in [0.25, 0.3) is 0 Å². The number of urea groups is 2. The molecule has 2 atom stereocenters. The van der Waals surface area contributed by atoms with Crippen LogP contribution in [0.1, 0.15) is 6.42 Å². The predicted octanol–water partition coefficient (Wildman–Crippen LogP) is 3.14. The second kappa shape index (κ2) is 9.88. The average Bonchev–Trinajstić information content (AvgIpc) is 3.37. The number of carbonyl (C=O) groups is 4. The summed E-state index contributed by atoms with van der Waals surface area (Å²) in [5, 5.41) is 5.72. The number of likely N-dealkylation sites (N-methyl/N-ethyl adjacent to an activating group) is 1. The number of hydrogen-bond acceptors (Lipinski definition) is 5. The number of amides is 6. The topological polar surface area (TPSA) is 111 Å². The number of imide groups is 1. The lowest BCUT2D eigenvalue weighted by molar-refractivity contribution is -0.119. The fourth-order valence-electron chi connectivity index (χ4n) is 4.00. The van der Waals surface area contributed by atoms with Gasteiger partial charge in [-0.3, -0.25) is 9.59 Å². The van der Waals surface area contributed by atoms with Crippen LogP contribution in [-0.2, 0) is 14.3 Å². The lowest BCUT2D eigenvalue weighted by Gasteiger charge is -2.24. The lowest BCUT2D eigenvalue weighted by atomic mass is 10.1. The van der Waals surface area contributed by atoms with Gasteiger partial charge in [-0.05, 0) is 36.4 Å². The van der Waals surface area contributed by atoms with Crippen molar-refractivity contribution in [2.45, 2.75) is 18.6 Å². The first-order chi connectivity index (χ1) is 16.7. The molecular formula is C23H23ClFN5O5. The van der Waals surface area contributed by atoms with Gasteiger partial charge in [0.05, 0.1) is 17.5 Å². The zero-order chi connectivity index (χ0) is 25.3. The molecule has 2 aliphatic rings.